The fraction of sp³-hybridized carbons (Fsp3) is 0.559. The molecular weight excluding hydrogens is 578 g/mol. The van der Waals surface area contributed by atoms with Gasteiger partial charge in [-0.2, -0.15) is 4.98 Å². The molecule has 1 aliphatic carbocycles. The number of oxazole rings is 1. The molecular formula is C34H41N3O6S. The molecule has 2 aliphatic heterocycles. The van der Waals surface area contributed by atoms with E-state index in [-0.39, 0.29) is 54.4 Å². The van der Waals surface area contributed by atoms with E-state index in [2.05, 4.69) is 37.2 Å². The molecule has 1 saturated heterocycles. The van der Waals surface area contributed by atoms with Gasteiger partial charge in [-0.3, -0.25) is 14.4 Å². The lowest BCUT2D eigenvalue weighted by Crippen LogP contribution is -2.45. The van der Waals surface area contributed by atoms with Crippen LogP contribution in [0.3, 0.4) is 0 Å². The van der Waals surface area contributed by atoms with Crippen LogP contribution < -0.4 is 4.74 Å². The Balaban J connectivity index is 1.28. The smallest absolute Gasteiger partial charge is 0.394 e. The average Bonchev–Trinajstić information content (AvgIpc) is 3.36. The Labute approximate surface area is 261 Å². The number of Topliss-reactive ketones (excluding diaryl/α,β-unsaturated/α-hetero) is 1. The number of amides is 1. The molecule has 0 radical (unpaired) electrons. The van der Waals surface area contributed by atoms with E-state index in [0.717, 1.165) is 36.4 Å². The number of carbonyl (C=O) groups excluding carboxylic acids is 2. The number of carbonyl (C=O) groups is 3. The summed E-state index contributed by atoms with van der Waals surface area (Å²) in [6, 6.07) is 6.59. The fourth-order valence-corrected chi connectivity index (χ4v) is 7.71. The van der Waals surface area contributed by atoms with Crippen molar-refractivity contribution in [3.8, 4) is 6.08 Å². The monoisotopic (exact) mass is 619 g/mol. The van der Waals surface area contributed by atoms with Gasteiger partial charge < -0.3 is 19.2 Å². The van der Waals surface area contributed by atoms with Crippen LogP contribution in [0.5, 0.6) is 6.08 Å². The van der Waals surface area contributed by atoms with Gasteiger partial charge in [-0.1, -0.05) is 57.9 Å². The quantitative estimate of drug-likeness (QED) is 0.328. The summed E-state index contributed by atoms with van der Waals surface area (Å²) in [4.78, 5) is 51.7. The molecule has 2 aromatic heterocycles. The molecule has 1 amide bonds. The third-order valence-electron chi connectivity index (χ3n) is 9.39. The molecule has 0 unspecified atom stereocenters. The number of thiazole rings is 1. The first kappa shape index (κ1) is 30.5. The summed E-state index contributed by atoms with van der Waals surface area (Å²) in [5.74, 6) is -1.77. The van der Waals surface area contributed by atoms with E-state index in [1.54, 1.807) is 22.3 Å². The summed E-state index contributed by atoms with van der Waals surface area (Å²) in [5.41, 5.74) is 1.07. The molecule has 0 spiro atoms. The molecule has 1 aromatic carbocycles. The number of carboxylic acid groups (broad SMARTS) is 1. The molecule has 234 valence electrons. The summed E-state index contributed by atoms with van der Waals surface area (Å²) in [5, 5.41) is 13.2. The number of aromatic nitrogens is 2. The van der Waals surface area contributed by atoms with Crippen LogP contribution in [0.2, 0.25) is 0 Å². The number of aliphatic carboxylic acids is 1. The van der Waals surface area contributed by atoms with Crippen LogP contribution in [0.25, 0.3) is 11.1 Å². The van der Waals surface area contributed by atoms with Gasteiger partial charge in [0, 0.05) is 36.0 Å². The minimum Gasteiger partial charge on any atom is -0.481 e. The summed E-state index contributed by atoms with van der Waals surface area (Å²) in [6.07, 6.45) is 9.14. The van der Waals surface area contributed by atoms with Crippen LogP contribution in [-0.2, 0) is 26.2 Å². The van der Waals surface area contributed by atoms with Crippen molar-refractivity contribution in [3.63, 3.8) is 0 Å². The Hall–Kier alpha value is -3.53. The van der Waals surface area contributed by atoms with Crippen molar-refractivity contribution in [1.29, 1.82) is 0 Å². The highest BCUT2D eigenvalue weighted by molar-refractivity contribution is 7.09. The minimum absolute atomic E-state index is 0.0868. The first-order valence-electron chi connectivity index (χ1n) is 15.7. The first-order valence-corrected chi connectivity index (χ1v) is 16.6. The maximum absolute atomic E-state index is 14.4. The summed E-state index contributed by atoms with van der Waals surface area (Å²) >= 11 is 1.58. The Morgan fingerprint density at radius 1 is 1.18 bits per heavy atom. The molecule has 10 heteroatoms. The van der Waals surface area contributed by atoms with Crippen molar-refractivity contribution in [3.05, 3.63) is 52.5 Å². The molecule has 1 N–H and O–H groups in total. The lowest BCUT2D eigenvalue weighted by molar-refractivity contribution is -0.147. The highest BCUT2D eigenvalue weighted by atomic mass is 32.1. The Kier molecular flexibility index (Phi) is 8.39. The number of nitrogens with zero attached hydrogens (tertiary/aromatic N) is 3. The van der Waals surface area contributed by atoms with Gasteiger partial charge in [0.15, 0.2) is 11.4 Å². The number of hydrogen-bond donors (Lipinski definition) is 1. The van der Waals surface area contributed by atoms with Gasteiger partial charge in [0.1, 0.15) is 11.6 Å². The molecule has 6 rings (SSSR count). The number of hydrogen-bond acceptors (Lipinski definition) is 8. The van der Waals surface area contributed by atoms with Gasteiger partial charge in [0.2, 0.25) is 5.91 Å². The normalized spacial score (nSPS) is 29.0. The largest absolute Gasteiger partial charge is 0.481 e. The van der Waals surface area contributed by atoms with E-state index in [1.165, 1.54) is 0 Å². The van der Waals surface area contributed by atoms with Gasteiger partial charge in [-0.05, 0) is 43.7 Å². The van der Waals surface area contributed by atoms with Crippen LogP contribution in [0, 0.1) is 17.3 Å². The Morgan fingerprint density at radius 2 is 2.00 bits per heavy atom. The highest BCUT2D eigenvalue weighted by Gasteiger charge is 2.61. The van der Waals surface area contributed by atoms with E-state index in [1.807, 2.05) is 24.3 Å². The van der Waals surface area contributed by atoms with Gasteiger partial charge in [0.25, 0.3) is 0 Å². The number of fused-ring (bicyclic) bond motifs is 3. The van der Waals surface area contributed by atoms with Crippen molar-refractivity contribution in [2.24, 2.45) is 17.3 Å². The second kappa shape index (κ2) is 12.1. The number of benzene rings is 1. The van der Waals surface area contributed by atoms with E-state index in [4.69, 9.17) is 14.1 Å². The number of allylic oxidation sites excluding steroid dienone is 2. The predicted molar refractivity (Wildman–Crippen MR) is 167 cm³/mol. The van der Waals surface area contributed by atoms with Gasteiger partial charge >= 0.3 is 12.0 Å². The second-order valence-electron chi connectivity index (χ2n) is 13.7. The van der Waals surface area contributed by atoms with Crippen molar-refractivity contribution >= 4 is 40.1 Å². The number of carboxylic acids is 1. The maximum Gasteiger partial charge on any atom is 0.394 e. The van der Waals surface area contributed by atoms with Crippen LogP contribution in [0.15, 0.2) is 46.2 Å². The van der Waals surface area contributed by atoms with Gasteiger partial charge in [-0.25, -0.2) is 4.98 Å². The number of para-hydroxylation sites is 2. The molecule has 5 atom stereocenters. The zero-order valence-electron chi connectivity index (χ0n) is 25.7. The molecule has 9 nitrogen and oxygen atoms in total. The third kappa shape index (κ3) is 6.32. The zero-order chi connectivity index (χ0) is 31.1. The van der Waals surface area contributed by atoms with Crippen molar-refractivity contribution in [2.75, 3.05) is 6.54 Å². The topological polar surface area (TPSA) is 123 Å². The van der Waals surface area contributed by atoms with E-state index in [9.17, 15) is 19.5 Å². The highest BCUT2D eigenvalue weighted by Crippen LogP contribution is 2.57. The average molecular weight is 620 g/mol. The number of rotatable bonds is 5. The summed E-state index contributed by atoms with van der Waals surface area (Å²) in [7, 11) is 0. The van der Waals surface area contributed by atoms with E-state index >= 15 is 0 Å². The van der Waals surface area contributed by atoms with Crippen molar-refractivity contribution in [1.82, 2.24) is 14.9 Å². The SMILES string of the molecule is CC(C)(C)c1csc(C[C@H]2CCCCC/C=C\[C@@H]3C[C@@]3(C(=O)O)CC(=O)[C@@H]3C[C@@H](Oc4nc5ccccc5o4)CN3C2=O)n1. The predicted octanol–water partition coefficient (Wildman–Crippen LogP) is 6.36. The van der Waals surface area contributed by atoms with Crippen molar-refractivity contribution < 1.29 is 28.6 Å². The first-order chi connectivity index (χ1) is 21.0. The molecule has 1 saturated carbocycles. The summed E-state index contributed by atoms with van der Waals surface area (Å²) < 4.78 is 11.9. The summed E-state index contributed by atoms with van der Waals surface area (Å²) in [6.45, 7) is 6.59. The molecule has 2 fully saturated rings. The zero-order valence-corrected chi connectivity index (χ0v) is 26.5. The molecule has 3 aliphatic rings. The van der Waals surface area contributed by atoms with Gasteiger partial charge in [-0.15, -0.1) is 11.3 Å². The van der Waals surface area contributed by atoms with E-state index in [0.29, 0.717) is 30.4 Å². The minimum atomic E-state index is -1.11. The van der Waals surface area contributed by atoms with Crippen LogP contribution in [-0.4, -0.2) is 56.3 Å². The molecule has 4 heterocycles. The Morgan fingerprint density at radius 3 is 2.75 bits per heavy atom. The van der Waals surface area contributed by atoms with Gasteiger partial charge in [0.05, 0.1) is 28.7 Å². The Bertz CT molecular complexity index is 1540. The van der Waals surface area contributed by atoms with Crippen LogP contribution in [0.4, 0.5) is 0 Å². The number of ketones is 1. The maximum atomic E-state index is 14.4. The fourth-order valence-electron chi connectivity index (χ4n) is 6.61. The molecule has 44 heavy (non-hydrogen) atoms. The number of ether oxygens (including phenoxy) is 1. The third-order valence-corrected chi connectivity index (χ3v) is 10.3. The second-order valence-corrected chi connectivity index (χ2v) is 14.6. The van der Waals surface area contributed by atoms with Crippen LogP contribution >= 0.6 is 11.3 Å². The lowest BCUT2D eigenvalue weighted by Gasteiger charge is -2.28. The molecule has 3 aromatic rings. The van der Waals surface area contributed by atoms with Crippen molar-refractivity contribution in [2.45, 2.75) is 96.1 Å². The molecule has 0 bridgehead atoms. The van der Waals surface area contributed by atoms with Crippen LogP contribution in [0.1, 0.15) is 82.8 Å². The standard InChI is InChI=1S/C34H41N3O6S/c1-33(2,3)28-20-44-29(36-28)15-21-11-7-5-4-6-8-12-22-17-34(22,31(40)41)18-26(38)25-16-23(19-37(25)30(21)39)42-32-35-24-13-9-10-14-27(24)43-32/h8-10,12-14,20-23,25H,4-7,11,15-19H2,1-3H3,(H,40,41)/b12-8-/t21-,22-,23-,25+,34-/m1/s1. The lowest BCUT2D eigenvalue weighted by atomic mass is 9.91. The van der Waals surface area contributed by atoms with E-state index < -0.39 is 23.5 Å².